The van der Waals surface area contributed by atoms with Gasteiger partial charge >= 0.3 is 0 Å². The highest BCUT2D eigenvalue weighted by molar-refractivity contribution is 7.87. The molecule has 0 saturated carbocycles. The summed E-state index contributed by atoms with van der Waals surface area (Å²) >= 11 is 0. The van der Waals surface area contributed by atoms with Crippen molar-refractivity contribution in [1.82, 2.24) is 19.0 Å². The minimum Gasteiger partial charge on any atom is -0.378 e. The Morgan fingerprint density at radius 1 is 1.33 bits per heavy atom. The summed E-state index contributed by atoms with van der Waals surface area (Å²) in [6, 6.07) is 1.78. The third-order valence-corrected chi connectivity index (χ3v) is 4.58. The highest BCUT2D eigenvalue weighted by Gasteiger charge is 2.16. The first kappa shape index (κ1) is 16.1. The van der Waals surface area contributed by atoms with Gasteiger partial charge in [-0.25, -0.2) is 9.97 Å². The third kappa shape index (κ3) is 4.34. The Kier molecular flexibility index (Phi) is 5.09. The number of hydrogen-bond donors (Lipinski definition) is 1. The van der Waals surface area contributed by atoms with Crippen molar-refractivity contribution in [3.05, 3.63) is 17.5 Å². The molecule has 0 unspecified atom stereocenters. The Morgan fingerprint density at radius 3 is 2.62 bits per heavy atom. The Labute approximate surface area is 125 Å². The van der Waals surface area contributed by atoms with Gasteiger partial charge < -0.3 is 9.64 Å². The second-order valence-electron chi connectivity index (χ2n) is 5.01. The van der Waals surface area contributed by atoms with Crippen molar-refractivity contribution in [1.29, 1.82) is 0 Å². The van der Waals surface area contributed by atoms with Gasteiger partial charge in [0.05, 0.1) is 25.5 Å². The van der Waals surface area contributed by atoms with E-state index in [0.717, 1.165) is 23.1 Å². The molecule has 118 valence electrons. The highest BCUT2D eigenvalue weighted by Crippen LogP contribution is 2.12. The normalized spacial score (nSPS) is 16.5. The maximum atomic E-state index is 11.7. The first-order valence-electron chi connectivity index (χ1n) is 6.73. The highest BCUT2D eigenvalue weighted by atomic mass is 32.2. The molecular formula is C12H21N5O3S. The number of morpholine rings is 1. The van der Waals surface area contributed by atoms with Crippen molar-refractivity contribution < 1.29 is 13.2 Å². The molecule has 1 fully saturated rings. The van der Waals surface area contributed by atoms with E-state index in [-0.39, 0.29) is 6.54 Å². The van der Waals surface area contributed by atoms with E-state index in [1.165, 1.54) is 14.1 Å². The van der Waals surface area contributed by atoms with E-state index < -0.39 is 10.2 Å². The zero-order valence-corrected chi connectivity index (χ0v) is 13.4. The van der Waals surface area contributed by atoms with E-state index in [4.69, 9.17) is 4.74 Å². The van der Waals surface area contributed by atoms with Crippen LogP contribution in [0.15, 0.2) is 6.07 Å². The molecule has 1 aromatic heterocycles. The van der Waals surface area contributed by atoms with Gasteiger partial charge in [-0.1, -0.05) is 0 Å². The summed E-state index contributed by atoms with van der Waals surface area (Å²) in [5.41, 5.74) is 1.46. The molecule has 21 heavy (non-hydrogen) atoms. The molecule has 1 saturated heterocycles. The molecule has 0 aliphatic carbocycles. The molecule has 2 heterocycles. The van der Waals surface area contributed by atoms with Gasteiger partial charge in [0.2, 0.25) is 5.95 Å². The summed E-state index contributed by atoms with van der Waals surface area (Å²) in [6.07, 6.45) is 0. The maximum absolute atomic E-state index is 11.7. The van der Waals surface area contributed by atoms with Crippen LogP contribution in [0.2, 0.25) is 0 Å². The Hall–Kier alpha value is -1.29. The molecule has 0 atom stereocenters. The Bertz CT molecular complexity index is 585. The average molecular weight is 315 g/mol. The van der Waals surface area contributed by atoms with Crippen LogP contribution in [0.25, 0.3) is 0 Å². The van der Waals surface area contributed by atoms with Gasteiger partial charge in [-0.3, -0.25) is 0 Å². The quantitative estimate of drug-likeness (QED) is 0.789. The molecule has 0 bridgehead atoms. The van der Waals surface area contributed by atoms with Gasteiger partial charge in [-0.05, 0) is 13.0 Å². The number of ether oxygens (including phenoxy) is 1. The van der Waals surface area contributed by atoms with E-state index in [1.54, 1.807) is 6.07 Å². The second-order valence-corrected chi connectivity index (χ2v) is 6.98. The number of nitrogens with zero attached hydrogens (tertiary/aromatic N) is 4. The van der Waals surface area contributed by atoms with Crippen LogP contribution in [-0.2, 0) is 21.5 Å². The number of anilines is 1. The average Bonchev–Trinajstić information content (AvgIpc) is 2.45. The Balaban J connectivity index is 2.11. The van der Waals surface area contributed by atoms with Crippen LogP contribution in [0.3, 0.4) is 0 Å². The van der Waals surface area contributed by atoms with Crippen LogP contribution in [0.1, 0.15) is 11.4 Å². The number of aromatic nitrogens is 2. The third-order valence-electron chi connectivity index (χ3n) is 3.11. The lowest BCUT2D eigenvalue weighted by Gasteiger charge is -2.27. The summed E-state index contributed by atoms with van der Waals surface area (Å²) < 4.78 is 32.4. The molecule has 1 N–H and O–H groups in total. The molecule has 0 amide bonds. The fourth-order valence-electron chi connectivity index (χ4n) is 1.91. The van der Waals surface area contributed by atoms with E-state index in [0.29, 0.717) is 24.9 Å². The molecular weight excluding hydrogens is 294 g/mol. The molecule has 1 aliphatic heterocycles. The molecule has 0 spiro atoms. The summed E-state index contributed by atoms with van der Waals surface area (Å²) in [7, 11) is -0.500. The smallest absolute Gasteiger partial charge is 0.279 e. The number of rotatable bonds is 5. The molecule has 1 aromatic rings. The van der Waals surface area contributed by atoms with Crippen molar-refractivity contribution in [2.75, 3.05) is 45.3 Å². The first-order valence-corrected chi connectivity index (χ1v) is 8.17. The SMILES string of the molecule is Cc1cc(CNS(=O)(=O)N(C)C)nc(N2CCOCC2)n1. The predicted molar refractivity (Wildman–Crippen MR) is 79.2 cm³/mol. The zero-order valence-electron chi connectivity index (χ0n) is 12.5. The van der Waals surface area contributed by atoms with Crippen LogP contribution in [0, 0.1) is 6.92 Å². The predicted octanol–water partition coefficient (Wildman–Crippen LogP) is -0.482. The summed E-state index contributed by atoms with van der Waals surface area (Å²) in [6.45, 7) is 4.80. The second kappa shape index (κ2) is 6.65. The van der Waals surface area contributed by atoms with Crippen LogP contribution in [0.4, 0.5) is 5.95 Å². The lowest BCUT2D eigenvalue weighted by molar-refractivity contribution is 0.122. The maximum Gasteiger partial charge on any atom is 0.279 e. The van der Waals surface area contributed by atoms with Crippen LogP contribution in [0.5, 0.6) is 0 Å². The number of hydrogen-bond acceptors (Lipinski definition) is 6. The number of nitrogens with one attached hydrogen (secondary N) is 1. The van der Waals surface area contributed by atoms with Crippen molar-refractivity contribution in [3.8, 4) is 0 Å². The van der Waals surface area contributed by atoms with Gasteiger partial charge in [0.1, 0.15) is 0 Å². The fourth-order valence-corrected chi connectivity index (χ4v) is 2.49. The Morgan fingerprint density at radius 2 is 2.00 bits per heavy atom. The van der Waals surface area contributed by atoms with Crippen molar-refractivity contribution in [2.24, 2.45) is 0 Å². The van der Waals surface area contributed by atoms with Crippen LogP contribution < -0.4 is 9.62 Å². The lowest BCUT2D eigenvalue weighted by atomic mass is 10.3. The van der Waals surface area contributed by atoms with Crippen molar-refractivity contribution >= 4 is 16.2 Å². The van der Waals surface area contributed by atoms with Crippen LogP contribution in [-0.4, -0.2) is 63.1 Å². The molecule has 1 aliphatic rings. The van der Waals surface area contributed by atoms with Gasteiger partial charge in [-0.2, -0.15) is 17.4 Å². The van der Waals surface area contributed by atoms with Gasteiger partial charge in [0.15, 0.2) is 0 Å². The molecule has 9 heteroatoms. The largest absolute Gasteiger partial charge is 0.378 e. The van der Waals surface area contributed by atoms with Crippen LogP contribution >= 0.6 is 0 Å². The van der Waals surface area contributed by atoms with Gasteiger partial charge in [0.25, 0.3) is 10.2 Å². The molecule has 0 radical (unpaired) electrons. The number of aryl methyl sites for hydroxylation is 1. The first-order chi connectivity index (χ1) is 9.88. The summed E-state index contributed by atoms with van der Waals surface area (Å²) in [4.78, 5) is 10.9. The lowest BCUT2D eigenvalue weighted by Crippen LogP contribution is -2.38. The summed E-state index contributed by atoms with van der Waals surface area (Å²) in [5, 5.41) is 0. The van der Waals surface area contributed by atoms with Gasteiger partial charge in [-0.15, -0.1) is 0 Å². The van der Waals surface area contributed by atoms with Crippen molar-refractivity contribution in [2.45, 2.75) is 13.5 Å². The van der Waals surface area contributed by atoms with Crippen molar-refractivity contribution in [3.63, 3.8) is 0 Å². The molecule has 0 aromatic carbocycles. The molecule has 2 rings (SSSR count). The van der Waals surface area contributed by atoms with E-state index in [2.05, 4.69) is 14.7 Å². The minimum absolute atomic E-state index is 0.140. The van der Waals surface area contributed by atoms with E-state index in [9.17, 15) is 8.42 Å². The zero-order chi connectivity index (χ0) is 15.5. The standard InChI is InChI=1S/C12H21N5O3S/c1-10-8-11(9-13-21(18,19)16(2)3)15-12(14-10)17-4-6-20-7-5-17/h8,13H,4-7,9H2,1-3H3. The molecule has 8 nitrogen and oxygen atoms in total. The van der Waals surface area contributed by atoms with E-state index >= 15 is 0 Å². The summed E-state index contributed by atoms with van der Waals surface area (Å²) in [5.74, 6) is 0.623. The fraction of sp³-hybridized carbons (Fsp3) is 0.667. The van der Waals surface area contributed by atoms with E-state index in [1.807, 2.05) is 11.8 Å². The topological polar surface area (TPSA) is 87.7 Å². The minimum atomic E-state index is -3.46. The van der Waals surface area contributed by atoms with Gasteiger partial charge in [0, 0.05) is 32.9 Å². The monoisotopic (exact) mass is 315 g/mol.